The number of anilines is 3. The zero-order valence-electron chi connectivity index (χ0n) is 11.0. The standard InChI is InChI=1S/C12H11N7O2/c1-18(8-4-2-3-5-13-8)9-10-16-17-11(15-12(20)21)19(10)7-6-14-9/h2-7H,1H3,(H,15,17)(H,20,21). The van der Waals surface area contributed by atoms with Crippen molar-refractivity contribution in [2.75, 3.05) is 17.3 Å². The molecule has 106 valence electrons. The molecule has 21 heavy (non-hydrogen) atoms. The Hall–Kier alpha value is -3.23. The Balaban J connectivity index is 2.07. The number of carboxylic acid groups (broad SMARTS) is 1. The lowest BCUT2D eigenvalue weighted by molar-refractivity contribution is 0.209. The predicted molar refractivity (Wildman–Crippen MR) is 74.7 cm³/mol. The fraction of sp³-hybridized carbons (Fsp3) is 0.0833. The summed E-state index contributed by atoms with van der Waals surface area (Å²) in [4.78, 5) is 21.0. The molecule has 3 aromatic heterocycles. The van der Waals surface area contributed by atoms with E-state index in [1.807, 2.05) is 18.2 Å². The first-order chi connectivity index (χ1) is 10.2. The SMILES string of the molecule is CN(c1ccccn1)c1nccn2c(NC(=O)O)nnc12. The minimum absolute atomic E-state index is 0.107. The molecule has 0 bridgehead atoms. The van der Waals surface area contributed by atoms with Crippen LogP contribution in [0.2, 0.25) is 0 Å². The average Bonchev–Trinajstić information content (AvgIpc) is 2.90. The molecule has 3 aromatic rings. The summed E-state index contributed by atoms with van der Waals surface area (Å²) < 4.78 is 1.51. The molecular weight excluding hydrogens is 274 g/mol. The van der Waals surface area contributed by atoms with Gasteiger partial charge in [0, 0.05) is 25.6 Å². The Labute approximate surface area is 118 Å². The minimum Gasteiger partial charge on any atom is -0.465 e. The zero-order chi connectivity index (χ0) is 14.8. The van der Waals surface area contributed by atoms with Crippen LogP contribution in [0.1, 0.15) is 0 Å². The summed E-state index contributed by atoms with van der Waals surface area (Å²) in [6, 6.07) is 5.51. The second kappa shape index (κ2) is 5.04. The number of amides is 1. The van der Waals surface area contributed by atoms with Gasteiger partial charge in [-0.3, -0.25) is 9.72 Å². The summed E-state index contributed by atoms with van der Waals surface area (Å²) in [5, 5.41) is 18.7. The Kier molecular flexibility index (Phi) is 3.07. The number of hydrogen-bond donors (Lipinski definition) is 2. The highest BCUT2D eigenvalue weighted by Gasteiger charge is 2.16. The largest absolute Gasteiger partial charge is 0.465 e. The third-order valence-electron chi connectivity index (χ3n) is 2.84. The lowest BCUT2D eigenvalue weighted by atomic mass is 10.4. The van der Waals surface area contributed by atoms with Crippen LogP contribution in [-0.4, -0.2) is 42.8 Å². The van der Waals surface area contributed by atoms with Crippen molar-refractivity contribution in [3.8, 4) is 0 Å². The Morgan fingerprint density at radius 2 is 2.14 bits per heavy atom. The van der Waals surface area contributed by atoms with E-state index < -0.39 is 6.09 Å². The van der Waals surface area contributed by atoms with E-state index in [2.05, 4.69) is 25.5 Å². The fourth-order valence-corrected chi connectivity index (χ4v) is 1.89. The summed E-state index contributed by atoms with van der Waals surface area (Å²) in [7, 11) is 1.80. The van der Waals surface area contributed by atoms with E-state index in [-0.39, 0.29) is 5.95 Å². The van der Waals surface area contributed by atoms with Gasteiger partial charge in [0.2, 0.25) is 11.6 Å². The average molecular weight is 285 g/mol. The fourth-order valence-electron chi connectivity index (χ4n) is 1.89. The van der Waals surface area contributed by atoms with Crippen LogP contribution in [-0.2, 0) is 0 Å². The molecule has 0 saturated carbocycles. The van der Waals surface area contributed by atoms with Crippen LogP contribution in [0.3, 0.4) is 0 Å². The second-order valence-corrected chi connectivity index (χ2v) is 4.15. The third kappa shape index (κ3) is 2.31. The van der Waals surface area contributed by atoms with Crippen LogP contribution < -0.4 is 10.2 Å². The summed E-state index contributed by atoms with van der Waals surface area (Å²) in [6.07, 6.45) is 3.59. The van der Waals surface area contributed by atoms with Gasteiger partial charge in [-0.1, -0.05) is 6.07 Å². The van der Waals surface area contributed by atoms with Gasteiger partial charge in [0.15, 0.2) is 5.82 Å². The number of carbonyl (C=O) groups is 1. The monoisotopic (exact) mass is 285 g/mol. The van der Waals surface area contributed by atoms with E-state index in [4.69, 9.17) is 5.11 Å². The summed E-state index contributed by atoms with van der Waals surface area (Å²) in [6.45, 7) is 0. The van der Waals surface area contributed by atoms with Crippen molar-refractivity contribution in [3.63, 3.8) is 0 Å². The van der Waals surface area contributed by atoms with E-state index in [0.717, 1.165) is 0 Å². The number of nitrogens with one attached hydrogen (secondary N) is 1. The Morgan fingerprint density at radius 1 is 1.29 bits per heavy atom. The first-order valence-electron chi connectivity index (χ1n) is 6.01. The highest BCUT2D eigenvalue weighted by Crippen LogP contribution is 2.23. The second-order valence-electron chi connectivity index (χ2n) is 4.15. The summed E-state index contributed by atoms with van der Waals surface area (Å²) >= 11 is 0. The molecule has 2 N–H and O–H groups in total. The highest BCUT2D eigenvalue weighted by atomic mass is 16.4. The molecule has 9 heteroatoms. The molecule has 0 fully saturated rings. The number of nitrogens with zero attached hydrogens (tertiary/aromatic N) is 6. The van der Waals surface area contributed by atoms with Gasteiger partial charge in [0.1, 0.15) is 5.82 Å². The van der Waals surface area contributed by atoms with Crippen LogP contribution in [0.15, 0.2) is 36.8 Å². The molecular formula is C12H11N7O2. The molecule has 3 rings (SSSR count). The number of hydrogen-bond acceptors (Lipinski definition) is 6. The smallest absolute Gasteiger partial charge is 0.411 e. The molecule has 3 heterocycles. The lowest BCUT2D eigenvalue weighted by Crippen LogP contribution is -2.14. The third-order valence-corrected chi connectivity index (χ3v) is 2.84. The van der Waals surface area contributed by atoms with E-state index in [1.165, 1.54) is 10.6 Å². The first kappa shape index (κ1) is 12.8. The zero-order valence-corrected chi connectivity index (χ0v) is 11.0. The topological polar surface area (TPSA) is 109 Å². The van der Waals surface area contributed by atoms with Crippen LogP contribution in [0.25, 0.3) is 5.65 Å². The van der Waals surface area contributed by atoms with E-state index >= 15 is 0 Å². The molecule has 1 amide bonds. The normalized spacial score (nSPS) is 10.5. The van der Waals surface area contributed by atoms with Crippen LogP contribution >= 0.6 is 0 Å². The van der Waals surface area contributed by atoms with Crippen molar-refractivity contribution in [1.29, 1.82) is 0 Å². The molecule has 0 unspecified atom stereocenters. The summed E-state index contributed by atoms with van der Waals surface area (Å²) in [5.74, 6) is 1.31. The molecule has 0 atom stereocenters. The Bertz CT molecular complexity index is 787. The highest BCUT2D eigenvalue weighted by molar-refractivity contribution is 5.81. The maximum atomic E-state index is 10.7. The van der Waals surface area contributed by atoms with Crippen LogP contribution in [0, 0.1) is 0 Å². The van der Waals surface area contributed by atoms with Gasteiger partial charge in [-0.2, -0.15) is 0 Å². The maximum Gasteiger partial charge on any atom is 0.411 e. The van der Waals surface area contributed by atoms with Gasteiger partial charge >= 0.3 is 6.09 Å². The summed E-state index contributed by atoms with van der Waals surface area (Å²) in [5.41, 5.74) is 0.425. The molecule has 0 aliphatic heterocycles. The lowest BCUT2D eigenvalue weighted by Gasteiger charge is -2.16. The van der Waals surface area contributed by atoms with Crippen molar-refractivity contribution >= 4 is 29.3 Å². The van der Waals surface area contributed by atoms with Gasteiger partial charge in [-0.05, 0) is 12.1 Å². The predicted octanol–water partition coefficient (Wildman–Crippen LogP) is 1.38. The molecule has 0 aliphatic rings. The van der Waals surface area contributed by atoms with Crippen molar-refractivity contribution in [1.82, 2.24) is 24.6 Å². The van der Waals surface area contributed by atoms with Crippen LogP contribution in [0.4, 0.5) is 22.4 Å². The number of aromatic nitrogens is 5. The van der Waals surface area contributed by atoms with E-state index in [9.17, 15) is 4.79 Å². The molecule has 0 aliphatic carbocycles. The number of fused-ring (bicyclic) bond motifs is 1. The van der Waals surface area contributed by atoms with Gasteiger partial charge in [0.05, 0.1) is 0 Å². The number of pyridine rings is 1. The van der Waals surface area contributed by atoms with E-state index in [0.29, 0.717) is 17.3 Å². The molecule has 0 radical (unpaired) electrons. The molecule has 0 spiro atoms. The van der Waals surface area contributed by atoms with Gasteiger partial charge in [0.25, 0.3) is 0 Å². The van der Waals surface area contributed by atoms with Crippen molar-refractivity contribution in [2.45, 2.75) is 0 Å². The van der Waals surface area contributed by atoms with Gasteiger partial charge in [-0.15, -0.1) is 10.2 Å². The number of rotatable bonds is 3. The van der Waals surface area contributed by atoms with Crippen molar-refractivity contribution in [3.05, 3.63) is 36.8 Å². The van der Waals surface area contributed by atoms with Crippen molar-refractivity contribution in [2.24, 2.45) is 0 Å². The molecule has 0 saturated heterocycles. The van der Waals surface area contributed by atoms with Gasteiger partial charge in [-0.25, -0.2) is 14.8 Å². The van der Waals surface area contributed by atoms with Crippen molar-refractivity contribution < 1.29 is 9.90 Å². The quantitative estimate of drug-likeness (QED) is 0.748. The molecule has 0 aromatic carbocycles. The minimum atomic E-state index is -1.21. The maximum absolute atomic E-state index is 10.7. The van der Waals surface area contributed by atoms with E-state index in [1.54, 1.807) is 24.3 Å². The molecule has 9 nitrogen and oxygen atoms in total. The Morgan fingerprint density at radius 3 is 2.86 bits per heavy atom. The first-order valence-corrected chi connectivity index (χ1v) is 6.01. The van der Waals surface area contributed by atoms with Crippen LogP contribution in [0.5, 0.6) is 0 Å². The van der Waals surface area contributed by atoms with Gasteiger partial charge < -0.3 is 10.0 Å².